The lowest BCUT2D eigenvalue weighted by Gasteiger charge is -2.23. The van der Waals surface area contributed by atoms with Crippen molar-refractivity contribution in [1.29, 1.82) is 0 Å². The maximum atomic E-state index is 11.9. The van der Waals surface area contributed by atoms with E-state index in [0.29, 0.717) is 11.3 Å². The Balaban J connectivity index is 2.13. The molecule has 1 heterocycles. The van der Waals surface area contributed by atoms with Gasteiger partial charge in [-0.3, -0.25) is 5.32 Å². The molecule has 0 aliphatic carbocycles. The molecule has 0 bridgehead atoms. The summed E-state index contributed by atoms with van der Waals surface area (Å²) < 4.78 is 4.90. The number of thioether (sulfide) groups is 1. The average Bonchev–Trinajstić information content (AvgIpc) is 2.81. The van der Waals surface area contributed by atoms with Crippen LogP contribution in [0.1, 0.15) is 24.9 Å². The van der Waals surface area contributed by atoms with Crippen LogP contribution in [0.4, 0.5) is 0 Å². The van der Waals surface area contributed by atoms with Crippen molar-refractivity contribution >= 4 is 17.7 Å². The number of carbonyl (C=O) groups excluding carboxylic acids is 1. The first-order valence-electron chi connectivity index (χ1n) is 6.23. The highest BCUT2D eigenvalue weighted by molar-refractivity contribution is 8.00. The Morgan fingerprint density at radius 2 is 2.17 bits per heavy atom. The largest absolute Gasteiger partial charge is 0.468 e. The Morgan fingerprint density at radius 1 is 1.44 bits per heavy atom. The zero-order chi connectivity index (χ0) is 13.0. The summed E-state index contributed by atoms with van der Waals surface area (Å²) in [5, 5.41) is 3.98. The lowest BCUT2D eigenvalue weighted by atomic mass is 10.0. The van der Waals surface area contributed by atoms with Crippen LogP contribution in [0.25, 0.3) is 0 Å². The Kier molecular flexibility index (Phi) is 4.66. The molecule has 1 fully saturated rings. The standard InChI is InChI=1S/C14H19NO2S/c1-10-12(8-9-18-10)15-13(14(16)17-2)11-6-4-3-5-7-11/h3-7,10,12-13,15H,8-9H2,1-2H3. The summed E-state index contributed by atoms with van der Waals surface area (Å²) in [6.07, 6.45) is 1.10. The molecule has 2 rings (SSSR count). The van der Waals surface area contributed by atoms with Gasteiger partial charge in [-0.25, -0.2) is 4.79 Å². The van der Waals surface area contributed by atoms with Crippen LogP contribution in [0.3, 0.4) is 0 Å². The average molecular weight is 265 g/mol. The number of hydrogen-bond donors (Lipinski definition) is 1. The predicted molar refractivity (Wildman–Crippen MR) is 74.7 cm³/mol. The van der Waals surface area contributed by atoms with E-state index >= 15 is 0 Å². The number of hydrogen-bond acceptors (Lipinski definition) is 4. The summed E-state index contributed by atoms with van der Waals surface area (Å²) in [6.45, 7) is 2.20. The zero-order valence-corrected chi connectivity index (χ0v) is 11.6. The van der Waals surface area contributed by atoms with Gasteiger partial charge in [0.15, 0.2) is 0 Å². The topological polar surface area (TPSA) is 38.3 Å². The normalized spacial score (nSPS) is 24.8. The second-order valence-electron chi connectivity index (χ2n) is 4.50. The van der Waals surface area contributed by atoms with Gasteiger partial charge in [-0.05, 0) is 17.7 Å². The third-order valence-corrected chi connectivity index (χ3v) is 4.65. The van der Waals surface area contributed by atoms with Crippen LogP contribution in [0.2, 0.25) is 0 Å². The maximum Gasteiger partial charge on any atom is 0.327 e. The Labute approximate surface area is 112 Å². The fourth-order valence-electron chi connectivity index (χ4n) is 2.23. The van der Waals surface area contributed by atoms with Crippen LogP contribution in [0.5, 0.6) is 0 Å². The number of carbonyl (C=O) groups is 1. The molecule has 1 N–H and O–H groups in total. The molecule has 0 amide bonds. The molecule has 1 aliphatic rings. The molecular formula is C14H19NO2S. The number of nitrogens with one attached hydrogen (secondary N) is 1. The maximum absolute atomic E-state index is 11.9. The highest BCUT2D eigenvalue weighted by atomic mass is 32.2. The van der Waals surface area contributed by atoms with E-state index in [2.05, 4.69) is 12.2 Å². The molecule has 3 nitrogen and oxygen atoms in total. The van der Waals surface area contributed by atoms with Crippen LogP contribution in [-0.2, 0) is 9.53 Å². The van der Waals surface area contributed by atoms with E-state index in [-0.39, 0.29) is 12.0 Å². The molecule has 3 atom stereocenters. The van der Waals surface area contributed by atoms with Crippen LogP contribution in [0, 0.1) is 0 Å². The van der Waals surface area contributed by atoms with E-state index in [1.807, 2.05) is 42.1 Å². The first-order chi connectivity index (χ1) is 8.72. The van der Waals surface area contributed by atoms with Gasteiger partial charge in [0.2, 0.25) is 0 Å². The lowest BCUT2D eigenvalue weighted by Crippen LogP contribution is -2.40. The minimum Gasteiger partial charge on any atom is -0.468 e. The van der Waals surface area contributed by atoms with Crippen molar-refractivity contribution < 1.29 is 9.53 Å². The summed E-state index contributed by atoms with van der Waals surface area (Å²) in [4.78, 5) is 11.9. The van der Waals surface area contributed by atoms with Crippen molar-refractivity contribution in [1.82, 2.24) is 5.32 Å². The molecule has 1 aromatic rings. The summed E-state index contributed by atoms with van der Waals surface area (Å²) in [5.41, 5.74) is 0.966. The fraction of sp³-hybridized carbons (Fsp3) is 0.500. The third kappa shape index (κ3) is 3.06. The molecule has 1 saturated heterocycles. The second-order valence-corrected chi connectivity index (χ2v) is 5.99. The predicted octanol–water partition coefficient (Wildman–Crippen LogP) is 2.38. The van der Waals surface area contributed by atoms with E-state index in [1.165, 1.54) is 7.11 Å². The quantitative estimate of drug-likeness (QED) is 0.848. The molecule has 0 radical (unpaired) electrons. The van der Waals surface area contributed by atoms with Crippen molar-refractivity contribution in [2.45, 2.75) is 30.7 Å². The second kappa shape index (κ2) is 6.25. The number of rotatable bonds is 4. The zero-order valence-electron chi connectivity index (χ0n) is 10.8. The minimum atomic E-state index is -0.359. The van der Waals surface area contributed by atoms with Crippen LogP contribution in [-0.4, -0.2) is 30.1 Å². The molecular weight excluding hydrogens is 246 g/mol. The van der Waals surface area contributed by atoms with E-state index in [0.717, 1.165) is 17.7 Å². The summed E-state index contributed by atoms with van der Waals surface area (Å²) in [7, 11) is 1.44. The van der Waals surface area contributed by atoms with E-state index in [9.17, 15) is 4.79 Å². The highest BCUT2D eigenvalue weighted by Crippen LogP contribution is 2.28. The lowest BCUT2D eigenvalue weighted by molar-refractivity contribution is -0.143. The number of esters is 1. The Hall–Kier alpha value is -1.00. The molecule has 1 aromatic carbocycles. The first-order valence-corrected chi connectivity index (χ1v) is 7.27. The van der Waals surface area contributed by atoms with E-state index < -0.39 is 0 Å². The molecule has 0 spiro atoms. The van der Waals surface area contributed by atoms with Crippen molar-refractivity contribution in [3.8, 4) is 0 Å². The van der Waals surface area contributed by atoms with Crippen molar-refractivity contribution in [3.63, 3.8) is 0 Å². The van der Waals surface area contributed by atoms with Gasteiger partial charge in [-0.15, -0.1) is 0 Å². The van der Waals surface area contributed by atoms with Crippen molar-refractivity contribution in [3.05, 3.63) is 35.9 Å². The first kappa shape index (κ1) is 13.4. The van der Waals surface area contributed by atoms with Gasteiger partial charge in [0.05, 0.1) is 7.11 Å². The highest BCUT2D eigenvalue weighted by Gasteiger charge is 2.30. The molecule has 98 valence electrons. The van der Waals surface area contributed by atoms with Gasteiger partial charge in [0.1, 0.15) is 6.04 Å². The number of benzene rings is 1. The fourth-order valence-corrected chi connectivity index (χ4v) is 3.44. The summed E-state index contributed by atoms with van der Waals surface area (Å²) in [6, 6.07) is 9.77. The molecule has 3 unspecified atom stereocenters. The van der Waals surface area contributed by atoms with Gasteiger partial charge >= 0.3 is 5.97 Å². The third-order valence-electron chi connectivity index (χ3n) is 3.33. The molecule has 4 heteroatoms. The van der Waals surface area contributed by atoms with Crippen LogP contribution < -0.4 is 5.32 Å². The number of ether oxygens (including phenoxy) is 1. The molecule has 18 heavy (non-hydrogen) atoms. The van der Waals surface area contributed by atoms with Crippen molar-refractivity contribution in [2.24, 2.45) is 0 Å². The van der Waals surface area contributed by atoms with E-state index in [1.54, 1.807) is 0 Å². The summed E-state index contributed by atoms with van der Waals surface area (Å²) in [5.74, 6) is 0.937. The minimum absolute atomic E-state index is 0.217. The van der Waals surface area contributed by atoms with Gasteiger partial charge in [0, 0.05) is 11.3 Å². The Morgan fingerprint density at radius 3 is 2.72 bits per heavy atom. The molecule has 0 saturated carbocycles. The smallest absolute Gasteiger partial charge is 0.327 e. The van der Waals surface area contributed by atoms with Crippen LogP contribution in [0.15, 0.2) is 30.3 Å². The molecule has 1 aliphatic heterocycles. The monoisotopic (exact) mass is 265 g/mol. The van der Waals surface area contributed by atoms with Gasteiger partial charge < -0.3 is 4.74 Å². The van der Waals surface area contributed by atoms with Gasteiger partial charge in [-0.2, -0.15) is 11.8 Å². The summed E-state index contributed by atoms with van der Waals surface area (Å²) >= 11 is 1.95. The SMILES string of the molecule is COC(=O)C(NC1CCSC1C)c1ccccc1. The number of methoxy groups -OCH3 is 1. The van der Waals surface area contributed by atoms with Gasteiger partial charge in [0.25, 0.3) is 0 Å². The molecule has 0 aromatic heterocycles. The van der Waals surface area contributed by atoms with Gasteiger partial charge in [-0.1, -0.05) is 37.3 Å². The van der Waals surface area contributed by atoms with Crippen LogP contribution >= 0.6 is 11.8 Å². The Bertz CT molecular complexity index is 396. The van der Waals surface area contributed by atoms with E-state index in [4.69, 9.17) is 4.74 Å². The van der Waals surface area contributed by atoms with Crippen molar-refractivity contribution in [2.75, 3.05) is 12.9 Å².